The van der Waals surface area contributed by atoms with E-state index < -0.39 is 17.5 Å². The number of hydrogen-bond acceptors (Lipinski definition) is 3. The first-order chi connectivity index (χ1) is 13.3. The first-order valence-corrected chi connectivity index (χ1v) is 8.52. The molecule has 0 spiro atoms. The fraction of sp³-hybridized carbons (Fsp3) is 0.190. The van der Waals surface area contributed by atoms with Crippen LogP contribution in [0.25, 0.3) is 11.3 Å². The van der Waals surface area contributed by atoms with Crippen molar-refractivity contribution in [3.63, 3.8) is 0 Å². The van der Waals surface area contributed by atoms with Crippen LogP contribution >= 0.6 is 0 Å². The van der Waals surface area contributed by atoms with Crippen LogP contribution in [0, 0.1) is 18.6 Å². The molecule has 3 aromatic rings. The fourth-order valence-corrected chi connectivity index (χ4v) is 3.15. The Hall–Kier alpha value is -3.35. The number of benzene rings is 2. The van der Waals surface area contributed by atoms with Crippen molar-refractivity contribution in [3.8, 4) is 22.8 Å². The lowest BCUT2D eigenvalue weighted by Crippen LogP contribution is -2.12. The molecule has 0 bridgehead atoms. The van der Waals surface area contributed by atoms with Crippen LogP contribution < -0.4 is 15.2 Å². The van der Waals surface area contributed by atoms with Gasteiger partial charge in [0.1, 0.15) is 0 Å². The number of rotatable bonds is 6. The van der Waals surface area contributed by atoms with Crippen LogP contribution in [0.3, 0.4) is 0 Å². The van der Waals surface area contributed by atoms with Gasteiger partial charge in [0.15, 0.2) is 23.1 Å². The molecule has 0 unspecified atom stereocenters. The number of ether oxygens (including phenoxy) is 2. The Bertz CT molecular complexity index is 1040. The molecular formula is C21H20F2N2O3. The van der Waals surface area contributed by atoms with E-state index in [0.717, 1.165) is 17.7 Å². The largest absolute Gasteiger partial charge is 0.493 e. The third-order valence-electron chi connectivity index (χ3n) is 4.64. The van der Waals surface area contributed by atoms with Crippen LogP contribution in [0.15, 0.2) is 42.5 Å². The predicted molar refractivity (Wildman–Crippen MR) is 102 cm³/mol. The first-order valence-electron chi connectivity index (χ1n) is 8.52. The zero-order chi connectivity index (χ0) is 20.4. The van der Waals surface area contributed by atoms with Crippen LogP contribution in [0.2, 0.25) is 0 Å². The van der Waals surface area contributed by atoms with Crippen molar-refractivity contribution in [2.75, 3.05) is 14.2 Å². The standard InChI is InChI=1S/C21H20F2N2O3/c1-12-15(21(24)26)10-18(14-5-6-16(22)17(23)9-14)25(12)11-13-4-7-19(27-2)20(8-13)28-3/h4-10H,11H2,1-3H3,(H2,24,26). The SMILES string of the molecule is COc1ccc(Cn2c(-c3ccc(F)c(F)c3)cc(C(N)=O)c2C)cc1OC. The molecular weight excluding hydrogens is 366 g/mol. The summed E-state index contributed by atoms with van der Waals surface area (Å²) < 4.78 is 39.5. The van der Waals surface area contributed by atoms with Gasteiger partial charge in [-0.3, -0.25) is 4.79 Å². The van der Waals surface area contributed by atoms with Crippen LogP contribution in [-0.4, -0.2) is 24.7 Å². The number of primary amides is 1. The highest BCUT2D eigenvalue weighted by molar-refractivity contribution is 5.95. The van der Waals surface area contributed by atoms with Gasteiger partial charge in [0, 0.05) is 23.5 Å². The Labute approximate surface area is 161 Å². The van der Waals surface area contributed by atoms with Crippen molar-refractivity contribution < 1.29 is 23.0 Å². The van der Waals surface area contributed by atoms with Gasteiger partial charge >= 0.3 is 0 Å². The van der Waals surface area contributed by atoms with E-state index in [9.17, 15) is 13.6 Å². The van der Waals surface area contributed by atoms with E-state index in [1.807, 2.05) is 16.7 Å². The fourth-order valence-electron chi connectivity index (χ4n) is 3.15. The van der Waals surface area contributed by atoms with Gasteiger partial charge in [0.2, 0.25) is 0 Å². The summed E-state index contributed by atoms with van der Waals surface area (Å²) in [5.41, 5.74) is 8.30. The number of nitrogens with two attached hydrogens (primary N) is 1. The van der Waals surface area contributed by atoms with E-state index in [1.54, 1.807) is 33.3 Å². The van der Waals surface area contributed by atoms with Crippen LogP contribution in [0.4, 0.5) is 8.78 Å². The van der Waals surface area contributed by atoms with E-state index >= 15 is 0 Å². The second kappa shape index (κ2) is 7.72. The summed E-state index contributed by atoms with van der Waals surface area (Å²) in [6.45, 7) is 2.12. The summed E-state index contributed by atoms with van der Waals surface area (Å²) in [4.78, 5) is 11.8. The maximum absolute atomic E-state index is 13.8. The molecule has 0 aliphatic rings. The lowest BCUT2D eigenvalue weighted by Gasteiger charge is -2.14. The molecule has 0 aliphatic heterocycles. The molecule has 1 aromatic heterocycles. The normalized spacial score (nSPS) is 10.8. The molecule has 28 heavy (non-hydrogen) atoms. The minimum absolute atomic E-state index is 0.320. The van der Waals surface area contributed by atoms with E-state index in [0.29, 0.717) is 40.6 Å². The van der Waals surface area contributed by atoms with Crippen molar-refractivity contribution in [1.82, 2.24) is 4.57 Å². The molecule has 146 valence electrons. The Morgan fingerprint density at radius 1 is 1.00 bits per heavy atom. The minimum atomic E-state index is -0.963. The first kappa shape index (κ1) is 19.4. The van der Waals surface area contributed by atoms with Crippen LogP contribution in [-0.2, 0) is 6.54 Å². The Kier molecular flexibility index (Phi) is 5.35. The van der Waals surface area contributed by atoms with Crippen LogP contribution in [0.1, 0.15) is 21.6 Å². The zero-order valence-electron chi connectivity index (χ0n) is 15.8. The van der Waals surface area contributed by atoms with Gasteiger partial charge in [-0.25, -0.2) is 8.78 Å². The van der Waals surface area contributed by atoms with E-state index in [1.165, 1.54) is 6.07 Å². The van der Waals surface area contributed by atoms with Crippen molar-refractivity contribution in [2.24, 2.45) is 5.73 Å². The molecule has 3 rings (SSSR count). The van der Waals surface area contributed by atoms with Crippen molar-refractivity contribution in [2.45, 2.75) is 13.5 Å². The van der Waals surface area contributed by atoms with Gasteiger partial charge in [-0.1, -0.05) is 6.07 Å². The second-order valence-corrected chi connectivity index (χ2v) is 6.30. The molecule has 0 atom stereocenters. The minimum Gasteiger partial charge on any atom is -0.493 e. The molecule has 0 aliphatic carbocycles. The number of methoxy groups -OCH3 is 2. The lowest BCUT2D eigenvalue weighted by atomic mass is 10.1. The monoisotopic (exact) mass is 386 g/mol. The topological polar surface area (TPSA) is 66.5 Å². The molecule has 1 heterocycles. The summed E-state index contributed by atoms with van der Waals surface area (Å²) >= 11 is 0. The molecule has 7 heteroatoms. The average Bonchev–Trinajstić information content (AvgIpc) is 3.00. The second-order valence-electron chi connectivity index (χ2n) is 6.30. The number of aromatic nitrogens is 1. The average molecular weight is 386 g/mol. The third-order valence-corrected chi connectivity index (χ3v) is 4.64. The van der Waals surface area contributed by atoms with Gasteiger partial charge < -0.3 is 19.8 Å². The van der Waals surface area contributed by atoms with Gasteiger partial charge in [0.25, 0.3) is 5.91 Å². The summed E-state index contributed by atoms with van der Waals surface area (Å²) in [6, 6.07) is 10.7. The lowest BCUT2D eigenvalue weighted by molar-refractivity contribution is 0.0999. The molecule has 0 saturated carbocycles. The maximum atomic E-state index is 13.8. The molecule has 2 aromatic carbocycles. The van der Waals surface area contributed by atoms with Crippen molar-refractivity contribution >= 4 is 5.91 Å². The number of hydrogen-bond donors (Lipinski definition) is 1. The summed E-state index contributed by atoms with van der Waals surface area (Å²) in [7, 11) is 3.09. The molecule has 0 fully saturated rings. The molecule has 2 N–H and O–H groups in total. The highest BCUT2D eigenvalue weighted by atomic mass is 19.2. The predicted octanol–water partition coefficient (Wildman–Crippen LogP) is 3.91. The van der Waals surface area contributed by atoms with Gasteiger partial charge in [-0.15, -0.1) is 0 Å². The summed E-state index contributed by atoms with van der Waals surface area (Å²) in [5, 5.41) is 0. The van der Waals surface area contributed by atoms with E-state index in [-0.39, 0.29) is 0 Å². The zero-order valence-corrected chi connectivity index (χ0v) is 15.8. The number of nitrogens with zero attached hydrogens (tertiary/aromatic N) is 1. The van der Waals surface area contributed by atoms with E-state index in [2.05, 4.69) is 0 Å². The maximum Gasteiger partial charge on any atom is 0.250 e. The summed E-state index contributed by atoms with van der Waals surface area (Å²) in [5.74, 6) is -1.33. The molecule has 0 radical (unpaired) electrons. The molecule has 5 nitrogen and oxygen atoms in total. The Balaban J connectivity index is 2.11. The van der Waals surface area contributed by atoms with Crippen molar-refractivity contribution in [3.05, 3.63) is 70.9 Å². The molecule has 1 amide bonds. The number of carbonyl (C=O) groups excluding carboxylic acids is 1. The van der Waals surface area contributed by atoms with E-state index in [4.69, 9.17) is 15.2 Å². The van der Waals surface area contributed by atoms with Crippen molar-refractivity contribution in [1.29, 1.82) is 0 Å². The Morgan fingerprint density at radius 2 is 1.71 bits per heavy atom. The summed E-state index contributed by atoms with van der Waals surface area (Å²) in [6.07, 6.45) is 0. The smallest absolute Gasteiger partial charge is 0.250 e. The Morgan fingerprint density at radius 3 is 2.32 bits per heavy atom. The number of amides is 1. The van der Waals surface area contributed by atoms with Gasteiger partial charge in [0.05, 0.1) is 19.8 Å². The van der Waals surface area contributed by atoms with Gasteiger partial charge in [-0.05, 0) is 48.9 Å². The third kappa shape index (κ3) is 3.55. The number of carbonyl (C=O) groups is 1. The van der Waals surface area contributed by atoms with Crippen LogP contribution in [0.5, 0.6) is 11.5 Å². The molecule has 0 saturated heterocycles. The quantitative estimate of drug-likeness (QED) is 0.699. The highest BCUT2D eigenvalue weighted by Gasteiger charge is 2.18. The van der Waals surface area contributed by atoms with Gasteiger partial charge in [-0.2, -0.15) is 0 Å². The highest BCUT2D eigenvalue weighted by Crippen LogP contribution is 2.31. The number of halogens is 2.